The van der Waals surface area contributed by atoms with Crippen LogP contribution in [0.15, 0.2) is 36.4 Å². The predicted molar refractivity (Wildman–Crippen MR) is 96.7 cm³/mol. The molecule has 1 aliphatic rings. The second kappa shape index (κ2) is 7.07. The Labute approximate surface area is 150 Å². The van der Waals surface area contributed by atoms with Crippen molar-refractivity contribution >= 4 is 27.6 Å². The highest BCUT2D eigenvalue weighted by Gasteiger charge is 2.18. The molecule has 0 amide bonds. The van der Waals surface area contributed by atoms with E-state index in [2.05, 4.69) is 4.98 Å². The van der Waals surface area contributed by atoms with Gasteiger partial charge in [0.25, 0.3) is 0 Å². The normalized spacial score (nSPS) is 12.5. The van der Waals surface area contributed by atoms with E-state index in [0.29, 0.717) is 37.7 Å². The van der Waals surface area contributed by atoms with Crippen molar-refractivity contribution in [2.45, 2.75) is 19.8 Å². The third kappa shape index (κ3) is 3.10. The summed E-state index contributed by atoms with van der Waals surface area (Å²) in [6, 6.07) is 11.8. The fourth-order valence-electron chi connectivity index (χ4n) is 3.04. The van der Waals surface area contributed by atoms with Crippen LogP contribution < -0.4 is 14.2 Å². The van der Waals surface area contributed by atoms with Crippen LogP contribution in [0.4, 0.5) is 0 Å². The molecule has 0 saturated heterocycles. The Kier molecular flexibility index (Phi) is 4.48. The van der Waals surface area contributed by atoms with Gasteiger partial charge >= 0.3 is 5.97 Å². The lowest BCUT2D eigenvalue weighted by Crippen LogP contribution is -2.07. The lowest BCUT2D eigenvalue weighted by Gasteiger charge is -2.12. The van der Waals surface area contributed by atoms with Crippen molar-refractivity contribution in [1.82, 2.24) is 4.98 Å². The largest absolute Gasteiger partial charge is 0.477 e. The second-order valence-electron chi connectivity index (χ2n) is 5.94. The molecule has 0 spiro atoms. The number of aromatic nitrogens is 1. The lowest BCUT2D eigenvalue weighted by atomic mass is 10.1. The highest BCUT2D eigenvalue weighted by molar-refractivity contribution is 6.09. The summed E-state index contributed by atoms with van der Waals surface area (Å²) < 4.78 is 21.8. The second-order valence-corrected chi connectivity index (χ2v) is 5.94. The van der Waals surface area contributed by atoms with Crippen LogP contribution in [-0.4, -0.2) is 31.0 Å². The standard InChI is InChI=1S/C20H19NO5/c1-2-23-19(22)8-5-9-24-20-15-11-18-17(25-12-26-18)10-14(15)13-6-3-4-7-16(13)21-20/h3-4,6-7,10-11H,2,5,8-9,12H2,1H3. The van der Waals surface area contributed by atoms with E-state index in [4.69, 9.17) is 18.9 Å². The van der Waals surface area contributed by atoms with Crippen LogP contribution in [0.2, 0.25) is 0 Å². The van der Waals surface area contributed by atoms with Crippen molar-refractivity contribution in [2.75, 3.05) is 20.0 Å². The molecule has 0 aliphatic carbocycles. The molecule has 0 radical (unpaired) electrons. The summed E-state index contributed by atoms with van der Waals surface area (Å²) in [7, 11) is 0. The number of para-hydroxylation sites is 1. The Morgan fingerprint density at radius 2 is 1.88 bits per heavy atom. The zero-order valence-corrected chi connectivity index (χ0v) is 14.5. The van der Waals surface area contributed by atoms with E-state index in [1.807, 2.05) is 36.4 Å². The van der Waals surface area contributed by atoms with Crippen LogP contribution in [0, 0.1) is 0 Å². The van der Waals surface area contributed by atoms with Crippen molar-refractivity contribution in [3.8, 4) is 17.4 Å². The van der Waals surface area contributed by atoms with Gasteiger partial charge in [-0.1, -0.05) is 18.2 Å². The minimum Gasteiger partial charge on any atom is -0.477 e. The summed E-state index contributed by atoms with van der Waals surface area (Å²) in [5.41, 5.74) is 0.847. The zero-order chi connectivity index (χ0) is 17.9. The molecule has 26 heavy (non-hydrogen) atoms. The summed E-state index contributed by atoms with van der Waals surface area (Å²) in [6.45, 7) is 2.79. The lowest BCUT2D eigenvalue weighted by molar-refractivity contribution is -0.143. The molecular formula is C20H19NO5. The van der Waals surface area contributed by atoms with Gasteiger partial charge in [0.2, 0.25) is 12.7 Å². The number of pyridine rings is 1. The Hall–Kier alpha value is -3.02. The molecule has 134 valence electrons. The van der Waals surface area contributed by atoms with Gasteiger partial charge < -0.3 is 18.9 Å². The van der Waals surface area contributed by atoms with E-state index in [1.165, 1.54) is 0 Å². The monoisotopic (exact) mass is 353 g/mol. The number of carbonyl (C=O) groups is 1. The van der Waals surface area contributed by atoms with Crippen molar-refractivity contribution in [2.24, 2.45) is 0 Å². The van der Waals surface area contributed by atoms with E-state index in [0.717, 1.165) is 27.4 Å². The van der Waals surface area contributed by atoms with Gasteiger partial charge in [0.15, 0.2) is 11.5 Å². The summed E-state index contributed by atoms with van der Waals surface area (Å²) in [4.78, 5) is 16.1. The Morgan fingerprint density at radius 1 is 1.12 bits per heavy atom. The van der Waals surface area contributed by atoms with Gasteiger partial charge in [0.05, 0.1) is 18.7 Å². The van der Waals surface area contributed by atoms with Crippen molar-refractivity contribution in [3.63, 3.8) is 0 Å². The molecule has 0 saturated carbocycles. The molecule has 0 fully saturated rings. The quantitative estimate of drug-likeness (QED) is 0.381. The SMILES string of the molecule is CCOC(=O)CCCOc1nc2ccccc2c2cc3c(cc12)OCO3. The van der Waals surface area contributed by atoms with Crippen LogP contribution >= 0.6 is 0 Å². The van der Waals surface area contributed by atoms with Crippen molar-refractivity contribution < 1.29 is 23.7 Å². The summed E-state index contributed by atoms with van der Waals surface area (Å²) in [6.07, 6.45) is 0.894. The zero-order valence-electron chi connectivity index (χ0n) is 14.5. The molecular weight excluding hydrogens is 334 g/mol. The minimum absolute atomic E-state index is 0.212. The average Bonchev–Trinajstić information content (AvgIpc) is 3.11. The number of nitrogens with zero attached hydrogens (tertiary/aromatic N) is 1. The molecule has 6 heteroatoms. The first kappa shape index (κ1) is 16.4. The topological polar surface area (TPSA) is 66.9 Å². The fourth-order valence-corrected chi connectivity index (χ4v) is 3.04. The number of fused-ring (bicyclic) bond motifs is 4. The molecule has 0 bridgehead atoms. The number of hydrogen-bond donors (Lipinski definition) is 0. The molecule has 2 heterocycles. The molecule has 0 atom stereocenters. The molecule has 0 unspecified atom stereocenters. The maximum atomic E-state index is 11.4. The maximum Gasteiger partial charge on any atom is 0.305 e. The van der Waals surface area contributed by atoms with Gasteiger partial charge in [-0.15, -0.1) is 0 Å². The molecule has 1 aliphatic heterocycles. The van der Waals surface area contributed by atoms with Crippen LogP contribution in [0.1, 0.15) is 19.8 Å². The van der Waals surface area contributed by atoms with Crippen LogP contribution in [-0.2, 0) is 9.53 Å². The van der Waals surface area contributed by atoms with Gasteiger partial charge in [0.1, 0.15) is 0 Å². The number of esters is 1. The number of ether oxygens (including phenoxy) is 4. The van der Waals surface area contributed by atoms with Gasteiger partial charge in [-0.3, -0.25) is 4.79 Å². The Bertz CT molecular complexity index is 969. The smallest absolute Gasteiger partial charge is 0.305 e. The molecule has 0 N–H and O–H groups in total. The van der Waals surface area contributed by atoms with Gasteiger partial charge in [-0.05, 0) is 31.5 Å². The highest BCUT2D eigenvalue weighted by Crippen LogP contribution is 2.41. The van der Waals surface area contributed by atoms with E-state index in [9.17, 15) is 4.79 Å². The van der Waals surface area contributed by atoms with Crippen LogP contribution in [0.3, 0.4) is 0 Å². The van der Waals surface area contributed by atoms with E-state index >= 15 is 0 Å². The van der Waals surface area contributed by atoms with Gasteiger partial charge in [0, 0.05) is 22.6 Å². The summed E-state index contributed by atoms with van der Waals surface area (Å²) in [5, 5.41) is 2.89. The third-order valence-electron chi connectivity index (χ3n) is 4.23. The van der Waals surface area contributed by atoms with Crippen molar-refractivity contribution in [3.05, 3.63) is 36.4 Å². The number of hydrogen-bond acceptors (Lipinski definition) is 6. The number of carbonyl (C=O) groups excluding carboxylic acids is 1. The van der Waals surface area contributed by atoms with E-state index < -0.39 is 0 Å². The Morgan fingerprint density at radius 3 is 2.69 bits per heavy atom. The predicted octanol–water partition coefficient (Wildman–Crippen LogP) is 3.84. The fraction of sp³-hybridized carbons (Fsp3) is 0.300. The molecule has 4 rings (SSSR count). The minimum atomic E-state index is -0.212. The van der Waals surface area contributed by atoms with E-state index in [-0.39, 0.29) is 12.8 Å². The highest BCUT2D eigenvalue weighted by atomic mass is 16.7. The van der Waals surface area contributed by atoms with Gasteiger partial charge in [-0.2, -0.15) is 0 Å². The maximum absolute atomic E-state index is 11.4. The van der Waals surface area contributed by atoms with Gasteiger partial charge in [-0.25, -0.2) is 4.98 Å². The van der Waals surface area contributed by atoms with Crippen molar-refractivity contribution in [1.29, 1.82) is 0 Å². The molecule has 6 nitrogen and oxygen atoms in total. The number of rotatable bonds is 6. The first-order valence-electron chi connectivity index (χ1n) is 8.67. The van der Waals surface area contributed by atoms with E-state index in [1.54, 1.807) is 6.92 Å². The first-order chi connectivity index (χ1) is 12.8. The van der Waals surface area contributed by atoms with Crippen LogP contribution in [0.25, 0.3) is 21.7 Å². The first-order valence-corrected chi connectivity index (χ1v) is 8.67. The molecule has 1 aromatic heterocycles. The number of benzene rings is 2. The van der Waals surface area contributed by atoms with Crippen LogP contribution in [0.5, 0.6) is 17.4 Å². The third-order valence-corrected chi connectivity index (χ3v) is 4.23. The summed E-state index contributed by atoms with van der Waals surface area (Å²) >= 11 is 0. The summed E-state index contributed by atoms with van der Waals surface area (Å²) in [5.74, 6) is 1.73. The Balaban J connectivity index is 1.65. The molecule has 2 aromatic carbocycles. The molecule has 3 aromatic rings. The average molecular weight is 353 g/mol.